The summed E-state index contributed by atoms with van der Waals surface area (Å²) in [5.74, 6) is 0.145. The van der Waals surface area contributed by atoms with E-state index in [0.717, 1.165) is 5.56 Å². The number of fused-ring (bicyclic) bond motifs is 1. The van der Waals surface area contributed by atoms with E-state index in [4.69, 9.17) is 9.15 Å². The van der Waals surface area contributed by atoms with Crippen LogP contribution in [0.2, 0.25) is 0 Å². The molecule has 0 N–H and O–H groups in total. The van der Waals surface area contributed by atoms with Crippen molar-refractivity contribution in [2.75, 3.05) is 19.9 Å². The zero-order chi connectivity index (χ0) is 24.8. The summed E-state index contributed by atoms with van der Waals surface area (Å²) in [4.78, 5) is 44.4. The summed E-state index contributed by atoms with van der Waals surface area (Å²) in [6, 6.07) is 18.1. The zero-order valence-corrected chi connectivity index (χ0v) is 20.3. The number of furan rings is 1. The van der Waals surface area contributed by atoms with Crippen LogP contribution in [0.5, 0.6) is 0 Å². The largest absolute Gasteiger partial charge is 0.467 e. The second-order valence-corrected chi connectivity index (χ2v) is 8.87. The van der Waals surface area contributed by atoms with E-state index < -0.39 is 5.97 Å². The second kappa shape index (κ2) is 11.1. The Hall–Kier alpha value is -3.85. The van der Waals surface area contributed by atoms with Gasteiger partial charge in [0.15, 0.2) is 5.16 Å². The molecule has 0 aliphatic rings. The lowest BCUT2D eigenvalue weighted by molar-refractivity contribution is -0.127. The lowest BCUT2D eigenvalue weighted by Crippen LogP contribution is -2.29. The summed E-state index contributed by atoms with van der Waals surface area (Å²) in [7, 11) is 3.00. The van der Waals surface area contributed by atoms with Crippen LogP contribution in [0, 0.1) is 0 Å². The summed E-state index contributed by atoms with van der Waals surface area (Å²) < 4.78 is 11.7. The number of hydrogen-bond acceptors (Lipinski definition) is 7. The maximum Gasteiger partial charge on any atom is 0.337 e. The summed E-state index contributed by atoms with van der Waals surface area (Å²) in [5.41, 5.74) is 1.55. The summed E-state index contributed by atoms with van der Waals surface area (Å²) in [6.45, 7) is 0.754. The van der Waals surface area contributed by atoms with Crippen LogP contribution < -0.4 is 5.56 Å². The molecule has 0 bridgehead atoms. The number of rotatable bonds is 9. The molecule has 0 atom stereocenters. The number of esters is 1. The molecule has 0 spiro atoms. The minimum Gasteiger partial charge on any atom is -0.467 e. The fourth-order valence-corrected chi connectivity index (χ4v) is 4.57. The Morgan fingerprint density at radius 3 is 2.63 bits per heavy atom. The van der Waals surface area contributed by atoms with E-state index in [-0.39, 0.29) is 17.2 Å². The Kier molecular flexibility index (Phi) is 7.67. The van der Waals surface area contributed by atoms with Gasteiger partial charge in [-0.05, 0) is 42.3 Å². The van der Waals surface area contributed by atoms with Crippen molar-refractivity contribution in [3.63, 3.8) is 0 Å². The molecular weight excluding hydrogens is 466 g/mol. The van der Waals surface area contributed by atoms with Gasteiger partial charge in [-0.3, -0.25) is 14.2 Å². The highest BCUT2D eigenvalue weighted by Crippen LogP contribution is 2.20. The fraction of sp³-hybridized carbons (Fsp3) is 0.231. The molecule has 0 saturated heterocycles. The Labute approximate surface area is 206 Å². The van der Waals surface area contributed by atoms with Crippen molar-refractivity contribution in [3.05, 3.63) is 94.2 Å². The van der Waals surface area contributed by atoms with Gasteiger partial charge in [-0.1, -0.05) is 42.1 Å². The van der Waals surface area contributed by atoms with Crippen molar-refractivity contribution in [1.29, 1.82) is 0 Å². The minimum absolute atomic E-state index is 0.0944. The normalized spacial score (nSPS) is 10.9. The molecule has 8 nitrogen and oxygen atoms in total. The van der Waals surface area contributed by atoms with Crippen molar-refractivity contribution in [3.8, 4) is 0 Å². The number of hydrogen-bond donors (Lipinski definition) is 0. The molecule has 0 aliphatic heterocycles. The Morgan fingerprint density at radius 2 is 1.91 bits per heavy atom. The number of amides is 1. The molecule has 0 unspecified atom stereocenters. The van der Waals surface area contributed by atoms with E-state index in [1.807, 2.05) is 36.4 Å². The zero-order valence-electron chi connectivity index (χ0n) is 19.5. The molecule has 35 heavy (non-hydrogen) atoms. The van der Waals surface area contributed by atoms with Crippen LogP contribution >= 0.6 is 11.8 Å². The molecule has 0 radical (unpaired) electrons. The minimum atomic E-state index is -0.508. The van der Waals surface area contributed by atoms with Gasteiger partial charge in [-0.15, -0.1) is 0 Å². The molecule has 0 saturated carbocycles. The van der Waals surface area contributed by atoms with E-state index in [1.54, 1.807) is 47.0 Å². The van der Waals surface area contributed by atoms with Gasteiger partial charge in [0.05, 0.1) is 42.1 Å². The molecule has 2 aromatic carbocycles. The highest BCUT2D eigenvalue weighted by Gasteiger charge is 2.17. The van der Waals surface area contributed by atoms with Gasteiger partial charge in [0.1, 0.15) is 5.76 Å². The number of nitrogens with zero attached hydrogens (tertiary/aromatic N) is 3. The molecule has 1 amide bonds. The lowest BCUT2D eigenvalue weighted by Gasteiger charge is -2.17. The molecule has 4 rings (SSSR count). The fourth-order valence-electron chi connectivity index (χ4n) is 3.60. The van der Waals surface area contributed by atoms with E-state index in [2.05, 4.69) is 4.98 Å². The van der Waals surface area contributed by atoms with E-state index >= 15 is 0 Å². The molecule has 2 heterocycles. The molecule has 2 aromatic heterocycles. The predicted octanol–water partition coefficient (Wildman–Crippen LogP) is 3.77. The standard InChI is InChI=1S/C26H25N3O5S/c1-28(16-20-9-6-14-34-20)23(30)17-35-26-27-22-15-19(25(32)33-2)10-11-21(22)24(31)29(26)13-12-18-7-4-3-5-8-18/h3-11,14-15H,12-13,16-17H2,1-2H3. The van der Waals surface area contributed by atoms with Crippen molar-refractivity contribution < 1.29 is 18.7 Å². The van der Waals surface area contributed by atoms with E-state index in [1.165, 1.54) is 18.9 Å². The van der Waals surface area contributed by atoms with Crippen molar-refractivity contribution in [2.45, 2.75) is 24.7 Å². The van der Waals surface area contributed by atoms with E-state index in [0.29, 0.717) is 46.9 Å². The molecule has 0 fully saturated rings. The topological polar surface area (TPSA) is 94.6 Å². The maximum atomic E-state index is 13.4. The Morgan fingerprint density at radius 1 is 1.11 bits per heavy atom. The Bertz CT molecular complexity index is 1380. The third-order valence-corrected chi connectivity index (χ3v) is 6.49. The first-order chi connectivity index (χ1) is 17.0. The van der Waals surface area contributed by atoms with Crippen molar-refractivity contribution in [1.82, 2.24) is 14.5 Å². The highest BCUT2D eigenvalue weighted by atomic mass is 32.2. The van der Waals surface area contributed by atoms with Crippen LogP contribution in [0.15, 0.2) is 81.3 Å². The van der Waals surface area contributed by atoms with Crippen LogP contribution in [-0.4, -0.2) is 46.2 Å². The van der Waals surface area contributed by atoms with Crippen LogP contribution in [0.4, 0.5) is 0 Å². The van der Waals surface area contributed by atoms with E-state index in [9.17, 15) is 14.4 Å². The van der Waals surface area contributed by atoms with Crippen molar-refractivity contribution in [2.24, 2.45) is 0 Å². The smallest absolute Gasteiger partial charge is 0.337 e. The first kappa shape index (κ1) is 24.3. The number of benzene rings is 2. The Balaban J connectivity index is 1.62. The maximum absolute atomic E-state index is 13.4. The number of carbonyl (C=O) groups excluding carboxylic acids is 2. The number of methoxy groups -OCH3 is 1. The predicted molar refractivity (Wildman–Crippen MR) is 133 cm³/mol. The highest BCUT2D eigenvalue weighted by molar-refractivity contribution is 7.99. The number of aryl methyl sites for hydroxylation is 1. The lowest BCUT2D eigenvalue weighted by atomic mass is 10.1. The van der Waals surface area contributed by atoms with Crippen LogP contribution in [-0.2, 0) is 29.0 Å². The van der Waals surface area contributed by atoms with Gasteiger partial charge in [-0.2, -0.15) is 0 Å². The first-order valence-electron chi connectivity index (χ1n) is 11.0. The van der Waals surface area contributed by atoms with Gasteiger partial charge in [-0.25, -0.2) is 9.78 Å². The molecule has 9 heteroatoms. The first-order valence-corrected chi connectivity index (χ1v) is 12.0. The number of ether oxygens (including phenoxy) is 1. The van der Waals surface area contributed by atoms with Gasteiger partial charge in [0.25, 0.3) is 5.56 Å². The van der Waals surface area contributed by atoms with Gasteiger partial charge in [0.2, 0.25) is 5.91 Å². The summed E-state index contributed by atoms with van der Waals surface area (Å²) >= 11 is 1.19. The molecular formula is C26H25N3O5S. The summed E-state index contributed by atoms with van der Waals surface area (Å²) in [6.07, 6.45) is 2.20. The van der Waals surface area contributed by atoms with Crippen LogP contribution in [0.3, 0.4) is 0 Å². The average molecular weight is 492 g/mol. The summed E-state index contributed by atoms with van der Waals surface area (Å²) in [5, 5.41) is 0.816. The molecule has 180 valence electrons. The number of thioether (sulfide) groups is 1. The molecule has 4 aromatic rings. The second-order valence-electron chi connectivity index (χ2n) is 7.93. The van der Waals surface area contributed by atoms with Crippen molar-refractivity contribution >= 4 is 34.5 Å². The van der Waals surface area contributed by atoms with Gasteiger partial charge < -0.3 is 14.1 Å². The monoisotopic (exact) mass is 491 g/mol. The number of carbonyl (C=O) groups is 2. The van der Waals surface area contributed by atoms with Gasteiger partial charge in [0, 0.05) is 13.6 Å². The molecule has 0 aliphatic carbocycles. The average Bonchev–Trinajstić information content (AvgIpc) is 3.39. The number of aromatic nitrogens is 2. The SMILES string of the molecule is COC(=O)c1ccc2c(=O)n(CCc3ccccc3)c(SCC(=O)N(C)Cc3ccco3)nc2c1. The third-order valence-electron chi connectivity index (χ3n) is 5.53. The quantitative estimate of drug-likeness (QED) is 0.200. The third kappa shape index (κ3) is 5.81. The van der Waals surface area contributed by atoms with Crippen LogP contribution in [0.1, 0.15) is 21.7 Å². The van der Waals surface area contributed by atoms with Crippen LogP contribution in [0.25, 0.3) is 10.9 Å². The van der Waals surface area contributed by atoms with Gasteiger partial charge >= 0.3 is 5.97 Å².